The minimum Gasteiger partial charge on any atom is -0.379 e. The number of benzene rings is 2. The summed E-state index contributed by atoms with van der Waals surface area (Å²) in [5, 5.41) is 2.74. The SMILES string of the molecule is CS(=O)(=O)N(CC(=O)NCc1ccc(CN2CCOCC2)cc1)Cc1ccccc1F. The van der Waals surface area contributed by atoms with Crippen LogP contribution in [-0.4, -0.2) is 62.6 Å². The van der Waals surface area contributed by atoms with Crippen LogP contribution >= 0.6 is 0 Å². The van der Waals surface area contributed by atoms with E-state index in [2.05, 4.69) is 10.2 Å². The Hall–Kier alpha value is -2.33. The summed E-state index contributed by atoms with van der Waals surface area (Å²) in [6.07, 6.45) is 1.01. The van der Waals surface area contributed by atoms with E-state index in [4.69, 9.17) is 4.74 Å². The summed E-state index contributed by atoms with van der Waals surface area (Å²) in [7, 11) is -3.69. The molecular weight excluding hydrogens is 421 g/mol. The van der Waals surface area contributed by atoms with E-state index in [0.717, 1.165) is 49.0 Å². The molecule has 7 nitrogen and oxygen atoms in total. The molecule has 1 aliphatic heterocycles. The molecule has 0 unspecified atom stereocenters. The summed E-state index contributed by atoms with van der Waals surface area (Å²) >= 11 is 0. The zero-order valence-corrected chi connectivity index (χ0v) is 18.4. The second-order valence-electron chi connectivity index (χ2n) is 7.60. The van der Waals surface area contributed by atoms with Gasteiger partial charge in [0, 0.05) is 38.3 Å². The summed E-state index contributed by atoms with van der Waals surface area (Å²) in [5.74, 6) is -0.951. The highest BCUT2D eigenvalue weighted by Crippen LogP contribution is 2.13. The molecule has 0 saturated carbocycles. The molecule has 1 N–H and O–H groups in total. The van der Waals surface area contributed by atoms with Crippen LogP contribution in [0.25, 0.3) is 0 Å². The Morgan fingerprint density at radius 3 is 2.39 bits per heavy atom. The van der Waals surface area contributed by atoms with Crippen molar-refractivity contribution in [3.8, 4) is 0 Å². The van der Waals surface area contributed by atoms with E-state index in [0.29, 0.717) is 0 Å². The van der Waals surface area contributed by atoms with Gasteiger partial charge in [-0.3, -0.25) is 9.69 Å². The Labute approximate surface area is 182 Å². The largest absolute Gasteiger partial charge is 0.379 e. The number of nitrogens with zero attached hydrogens (tertiary/aromatic N) is 2. The third-order valence-electron chi connectivity index (χ3n) is 5.12. The maximum atomic E-state index is 13.9. The first-order valence-electron chi connectivity index (χ1n) is 10.1. The zero-order chi connectivity index (χ0) is 22.3. The van der Waals surface area contributed by atoms with Gasteiger partial charge in [0.05, 0.1) is 26.0 Å². The summed E-state index contributed by atoms with van der Waals surface area (Å²) in [6.45, 7) is 3.92. The van der Waals surface area contributed by atoms with Crippen molar-refractivity contribution in [1.29, 1.82) is 0 Å². The van der Waals surface area contributed by atoms with E-state index in [1.165, 1.54) is 23.8 Å². The molecule has 0 aliphatic carbocycles. The number of morpholine rings is 1. The van der Waals surface area contributed by atoms with Crippen LogP contribution in [0.1, 0.15) is 16.7 Å². The summed E-state index contributed by atoms with van der Waals surface area (Å²) in [4.78, 5) is 14.7. The van der Waals surface area contributed by atoms with Crippen LogP contribution in [0.3, 0.4) is 0 Å². The molecule has 0 spiro atoms. The van der Waals surface area contributed by atoms with E-state index >= 15 is 0 Å². The van der Waals surface area contributed by atoms with Gasteiger partial charge < -0.3 is 10.1 Å². The quantitative estimate of drug-likeness (QED) is 0.631. The molecule has 2 aromatic rings. The first-order valence-corrected chi connectivity index (χ1v) is 12.0. The van der Waals surface area contributed by atoms with Crippen molar-refractivity contribution in [2.24, 2.45) is 0 Å². The van der Waals surface area contributed by atoms with Crippen molar-refractivity contribution in [2.45, 2.75) is 19.6 Å². The van der Waals surface area contributed by atoms with Gasteiger partial charge in [0.2, 0.25) is 15.9 Å². The van der Waals surface area contributed by atoms with Crippen LogP contribution in [-0.2, 0) is 39.2 Å². The monoisotopic (exact) mass is 449 g/mol. The maximum absolute atomic E-state index is 13.9. The maximum Gasteiger partial charge on any atom is 0.235 e. The van der Waals surface area contributed by atoms with Crippen molar-refractivity contribution in [3.05, 3.63) is 71.0 Å². The number of ether oxygens (including phenoxy) is 1. The number of halogens is 1. The number of hydrogen-bond acceptors (Lipinski definition) is 5. The predicted octanol–water partition coefficient (Wildman–Crippen LogP) is 1.74. The van der Waals surface area contributed by atoms with Crippen LogP contribution in [0.2, 0.25) is 0 Å². The van der Waals surface area contributed by atoms with Crippen LogP contribution in [0.15, 0.2) is 48.5 Å². The average molecular weight is 450 g/mol. The van der Waals surface area contributed by atoms with E-state index in [-0.39, 0.29) is 25.2 Å². The van der Waals surface area contributed by atoms with Crippen molar-refractivity contribution < 1.29 is 22.3 Å². The third-order valence-corrected chi connectivity index (χ3v) is 6.31. The Morgan fingerprint density at radius 2 is 1.74 bits per heavy atom. The van der Waals surface area contributed by atoms with Gasteiger partial charge >= 0.3 is 0 Å². The molecule has 0 aromatic heterocycles. The van der Waals surface area contributed by atoms with Gasteiger partial charge in [-0.25, -0.2) is 12.8 Å². The molecule has 1 fully saturated rings. The van der Waals surface area contributed by atoms with E-state index < -0.39 is 21.7 Å². The molecule has 0 radical (unpaired) electrons. The number of hydrogen-bond donors (Lipinski definition) is 1. The molecular formula is C22H28FN3O4S. The Morgan fingerprint density at radius 1 is 1.10 bits per heavy atom. The standard InChI is InChI=1S/C22H28FN3O4S/c1-31(28,29)26(16-20-4-2-3-5-21(20)23)17-22(27)24-14-18-6-8-19(9-7-18)15-25-10-12-30-13-11-25/h2-9H,10-17H2,1H3,(H,24,27). The molecule has 1 saturated heterocycles. The first kappa shape index (κ1) is 23.3. The van der Waals surface area contributed by atoms with Crippen molar-refractivity contribution in [1.82, 2.24) is 14.5 Å². The van der Waals surface area contributed by atoms with E-state index in [1.54, 1.807) is 6.07 Å². The lowest BCUT2D eigenvalue weighted by Gasteiger charge is -2.26. The molecule has 1 aliphatic rings. The van der Waals surface area contributed by atoms with E-state index in [1.807, 2.05) is 24.3 Å². The lowest BCUT2D eigenvalue weighted by Crippen LogP contribution is -2.39. The smallest absolute Gasteiger partial charge is 0.235 e. The van der Waals surface area contributed by atoms with Gasteiger partial charge in [-0.15, -0.1) is 0 Å². The fourth-order valence-electron chi connectivity index (χ4n) is 3.30. The summed E-state index contributed by atoms with van der Waals surface area (Å²) in [5.41, 5.74) is 2.32. The number of rotatable bonds is 9. The van der Waals surface area contributed by atoms with Crippen molar-refractivity contribution >= 4 is 15.9 Å². The molecule has 168 valence electrons. The Bertz CT molecular complexity index is 977. The highest BCUT2D eigenvalue weighted by atomic mass is 32.2. The Balaban J connectivity index is 1.52. The molecule has 31 heavy (non-hydrogen) atoms. The van der Waals surface area contributed by atoms with Gasteiger partial charge in [-0.1, -0.05) is 42.5 Å². The summed E-state index contributed by atoms with van der Waals surface area (Å²) < 4.78 is 44.4. The predicted molar refractivity (Wildman–Crippen MR) is 116 cm³/mol. The first-order chi connectivity index (χ1) is 14.8. The molecule has 3 rings (SSSR count). The van der Waals surface area contributed by atoms with Crippen molar-refractivity contribution in [2.75, 3.05) is 39.1 Å². The fraction of sp³-hybridized carbons (Fsp3) is 0.409. The number of carbonyl (C=O) groups excluding carboxylic acids is 1. The highest BCUT2D eigenvalue weighted by Gasteiger charge is 2.21. The van der Waals surface area contributed by atoms with Crippen LogP contribution in [0.5, 0.6) is 0 Å². The third kappa shape index (κ3) is 7.39. The minimum absolute atomic E-state index is 0.199. The lowest BCUT2D eigenvalue weighted by atomic mass is 10.1. The van der Waals surface area contributed by atoms with E-state index in [9.17, 15) is 17.6 Å². The number of amides is 1. The normalized spacial score (nSPS) is 15.2. The molecule has 0 bridgehead atoms. The van der Waals surface area contributed by atoms with Crippen LogP contribution in [0.4, 0.5) is 4.39 Å². The molecule has 9 heteroatoms. The van der Waals surface area contributed by atoms with Gasteiger partial charge in [-0.2, -0.15) is 4.31 Å². The Kier molecular flexibility index (Phi) is 8.14. The molecule has 2 aromatic carbocycles. The lowest BCUT2D eigenvalue weighted by molar-refractivity contribution is -0.121. The molecule has 1 heterocycles. The van der Waals surface area contributed by atoms with Gasteiger partial charge in [0.25, 0.3) is 0 Å². The van der Waals surface area contributed by atoms with Gasteiger partial charge in [0.15, 0.2) is 0 Å². The van der Waals surface area contributed by atoms with Crippen LogP contribution < -0.4 is 5.32 Å². The number of sulfonamides is 1. The fourth-order valence-corrected chi connectivity index (χ4v) is 4.03. The van der Waals surface area contributed by atoms with Crippen LogP contribution in [0, 0.1) is 5.82 Å². The molecule has 0 atom stereocenters. The zero-order valence-electron chi connectivity index (χ0n) is 17.6. The van der Waals surface area contributed by atoms with Crippen molar-refractivity contribution in [3.63, 3.8) is 0 Å². The number of nitrogens with one attached hydrogen (secondary N) is 1. The van der Waals surface area contributed by atoms with Gasteiger partial charge in [-0.05, 0) is 17.2 Å². The summed E-state index contributed by atoms with van der Waals surface area (Å²) in [6, 6.07) is 13.9. The topological polar surface area (TPSA) is 79.0 Å². The average Bonchev–Trinajstić information content (AvgIpc) is 2.74. The highest BCUT2D eigenvalue weighted by molar-refractivity contribution is 7.88. The number of carbonyl (C=O) groups is 1. The minimum atomic E-state index is -3.69. The van der Waals surface area contributed by atoms with Gasteiger partial charge in [0.1, 0.15) is 5.82 Å². The molecule has 1 amide bonds. The second kappa shape index (κ2) is 10.8. The second-order valence-corrected chi connectivity index (χ2v) is 9.59.